The summed E-state index contributed by atoms with van der Waals surface area (Å²) in [5.41, 5.74) is 1.22. The SMILES string of the molecule is CCN=NN(C)CCCCc1ccc(OC(C)(C)C)cc1. The second kappa shape index (κ2) is 8.65. The highest BCUT2D eigenvalue weighted by molar-refractivity contribution is 5.27. The third-order valence-corrected chi connectivity index (χ3v) is 2.90. The van der Waals surface area contributed by atoms with E-state index in [1.54, 1.807) is 0 Å². The van der Waals surface area contributed by atoms with Gasteiger partial charge in [0, 0.05) is 13.6 Å². The molecule has 0 aliphatic rings. The molecule has 4 nitrogen and oxygen atoms in total. The molecule has 0 fully saturated rings. The third kappa shape index (κ3) is 8.33. The first kappa shape index (κ1) is 17.5. The zero-order chi connectivity index (χ0) is 15.7. The summed E-state index contributed by atoms with van der Waals surface area (Å²) in [6, 6.07) is 8.42. The van der Waals surface area contributed by atoms with Crippen molar-refractivity contribution in [2.24, 2.45) is 10.3 Å². The molecule has 0 bridgehead atoms. The van der Waals surface area contributed by atoms with E-state index < -0.39 is 0 Å². The lowest BCUT2D eigenvalue weighted by molar-refractivity contribution is 0.131. The smallest absolute Gasteiger partial charge is 0.120 e. The zero-order valence-corrected chi connectivity index (χ0v) is 14.1. The van der Waals surface area contributed by atoms with Crippen molar-refractivity contribution in [1.29, 1.82) is 0 Å². The Labute approximate surface area is 129 Å². The quantitative estimate of drug-likeness (QED) is 0.401. The van der Waals surface area contributed by atoms with E-state index >= 15 is 0 Å². The average molecular weight is 291 g/mol. The minimum absolute atomic E-state index is 0.140. The molecule has 0 N–H and O–H groups in total. The van der Waals surface area contributed by atoms with Crippen molar-refractivity contribution in [2.45, 2.75) is 52.6 Å². The maximum absolute atomic E-state index is 5.82. The van der Waals surface area contributed by atoms with Gasteiger partial charge in [0.2, 0.25) is 0 Å². The molecule has 1 aromatic rings. The van der Waals surface area contributed by atoms with Gasteiger partial charge in [0.15, 0.2) is 0 Å². The molecule has 0 aromatic heterocycles. The van der Waals surface area contributed by atoms with E-state index in [0.29, 0.717) is 0 Å². The summed E-state index contributed by atoms with van der Waals surface area (Å²) >= 11 is 0. The van der Waals surface area contributed by atoms with Crippen LogP contribution in [-0.4, -0.2) is 30.7 Å². The molecule has 0 aliphatic carbocycles. The highest BCUT2D eigenvalue weighted by Crippen LogP contribution is 2.19. The number of hydrogen-bond acceptors (Lipinski definition) is 3. The zero-order valence-electron chi connectivity index (χ0n) is 14.1. The van der Waals surface area contributed by atoms with Crippen LogP contribution in [0.25, 0.3) is 0 Å². The van der Waals surface area contributed by atoms with Gasteiger partial charge in [-0.25, -0.2) is 0 Å². The Bertz CT molecular complexity index is 421. The van der Waals surface area contributed by atoms with Crippen molar-refractivity contribution >= 4 is 0 Å². The van der Waals surface area contributed by atoms with E-state index in [1.165, 1.54) is 5.56 Å². The number of hydrogen-bond donors (Lipinski definition) is 0. The molecule has 0 radical (unpaired) electrons. The van der Waals surface area contributed by atoms with E-state index in [2.05, 4.69) is 55.4 Å². The predicted molar refractivity (Wildman–Crippen MR) is 87.8 cm³/mol. The van der Waals surface area contributed by atoms with Crippen molar-refractivity contribution in [3.63, 3.8) is 0 Å². The summed E-state index contributed by atoms with van der Waals surface area (Å²) in [6.07, 6.45) is 3.37. The molecule has 0 spiro atoms. The minimum atomic E-state index is -0.140. The summed E-state index contributed by atoms with van der Waals surface area (Å²) in [7, 11) is 1.97. The van der Waals surface area contributed by atoms with Crippen LogP contribution in [0.15, 0.2) is 34.6 Å². The van der Waals surface area contributed by atoms with Crippen LogP contribution in [-0.2, 0) is 6.42 Å². The number of ether oxygens (including phenoxy) is 1. The maximum Gasteiger partial charge on any atom is 0.120 e. The largest absolute Gasteiger partial charge is 0.488 e. The lowest BCUT2D eigenvalue weighted by Crippen LogP contribution is -2.22. The molecule has 0 heterocycles. The first-order valence-electron chi connectivity index (χ1n) is 7.77. The number of unbranched alkanes of at least 4 members (excludes halogenated alkanes) is 1. The Hall–Kier alpha value is -1.58. The summed E-state index contributed by atoms with van der Waals surface area (Å²) in [5, 5.41) is 9.97. The molecule has 0 saturated heterocycles. The summed E-state index contributed by atoms with van der Waals surface area (Å²) in [4.78, 5) is 0. The van der Waals surface area contributed by atoms with Gasteiger partial charge in [0.1, 0.15) is 11.4 Å². The van der Waals surface area contributed by atoms with Crippen molar-refractivity contribution in [2.75, 3.05) is 20.1 Å². The normalized spacial score (nSPS) is 11.9. The molecule has 0 unspecified atom stereocenters. The van der Waals surface area contributed by atoms with Crippen LogP contribution in [0.3, 0.4) is 0 Å². The van der Waals surface area contributed by atoms with Gasteiger partial charge in [0.25, 0.3) is 0 Å². The van der Waals surface area contributed by atoms with Gasteiger partial charge in [-0.3, -0.25) is 5.01 Å². The molecule has 21 heavy (non-hydrogen) atoms. The Morgan fingerprint density at radius 3 is 2.33 bits per heavy atom. The number of benzene rings is 1. The minimum Gasteiger partial charge on any atom is -0.488 e. The second-order valence-electron chi connectivity index (χ2n) is 6.24. The fourth-order valence-electron chi connectivity index (χ4n) is 1.96. The van der Waals surface area contributed by atoms with E-state index in [4.69, 9.17) is 4.74 Å². The first-order valence-corrected chi connectivity index (χ1v) is 7.77. The predicted octanol–water partition coefficient (Wildman–Crippen LogP) is 4.51. The van der Waals surface area contributed by atoms with Gasteiger partial charge in [-0.2, -0.15) is 5.11 Å². The Balaban J connectivity index is 2.28. The van der Waals surface area contributed by atoms with Gasteiger partial charge >= 0.3 is 0 Å². The van der Waals surface area contributed by atoms with E-state index in [-0.39, 0.29) is 5.60 Å². The van der Waals surface area contributed by atoms with Crippen molar-refractivity contribution in [3.05, 3.63) is 29.8 Å². The van der Waals surface area contributed by atoms with Gasteiger partial charge in [-0.1, -0.05) is 17.4 Å². The van der Waals surface area contributed by atoms with Gasteiger partial charge < -0.3 is 4.74 Å². The molecular weight excluding hydrogens is 262 g/mol. The average Bonchev–Trinajstić information content (AvgIpc) is 2.41. The molecule has 118 valence electrons. The summed E-state index contributed by atoms with van der Waals surface area (Å²) < 4.78 is 5.82. The van der Waals surface area contributed by atoms with Crippen LogP contribution in [0.1, 0.15) is 46.1 Å². The molecule has 0 aliphatic heterocycles. The van der Waals surface area contributed by atoms with E-state index in [1.807, 2.05) is 19.0 Å². The maximum atomic E-state index is 5.82. The number of aryl methyl sites for hydroxylation is 1. The standard InChI is InChI=1S/C17H29N3O/c1-6-18-19-20(5)14-8-7-9-15-10-12-16(13-11-15)21-17(2,3)4/h10-13H,6-9,14H2,1-5H3. The van der Waals surface area contributed by atoms with Crippen LogP contribution in [0.5, 0.6) is 5.75 Å². The molecule has 0 saturated carbocycles. The third-order valence-electron chi connectivity index (χ3n) is 2.90. The van der Waals surface area contributed by atoms with Crippen molar-refractivity contribution in [3.8, 4) is 5.75 Å². The summed E-state index contributed by atoms with van der Waals surface area (Å²) in [5.74, 6) is 0.936. The fourth-order valence-corrected chi connectivity index (χ4v) is 1.96. The molecule has 4 heteroatoms. The highest BCUT2D eigenvalue weighted by atomic mass is 16.5. The number of nitrogens with zero attached hydrogens (tertiary/aromatic N) is 3. The Morgan fingerprint density at radius 1 is 1.10 bits per heavy atom. The molecule has 1 rings (SSSR count). The first-order chi connectivity index (χ1) is 9.90. The fraction of sp³-hybridized carbons (Fsp3) is 0.647. The van der Waals surface area contributed by atoms with Crippen molar-refractivity contribution in [1.82, 2.24) is 5.01 Å². The topological polar surface area (TPSA) is 37.2 Å². The van der Waals surface area contributed by atoms with Crippen LogP contribution in [0.4, 0.5) is 0 Å². The second-order valence-corrected chi connectivity index (χ2v) is 6.24. The van der Waals surface area contributed by atoms with Gasteiger partial charge in [-0.05, 0) is 64.7 Å². The van der Waals surface area contributed by atoms with Crippen LogP contribution < -0.4 is 4.74 Å². The Morgan fingerprint density at radius 2 is 1.76 bits per heavy atom. The van der Waals surface area contributed by atoms with Gasteiger partial charge in [0.05, 0.1) is 6.54 Å². The van der Waals surface area contributed by atoms with Crippen molar-refractivity contribution < 1.29 is 4.74 Å². The Kier molecular flexibility index (Phi) is 7.20. The number of rotatable bonds is 8. The van der Waals surface area contributed by atoms with E-state index in [9.17, 15) is 0 Å². The van der Waals surface area contributed by atoms with Crippen LogP contribution in [0, 0.1) is 0 Å². The highest BCUT2D eigenvalue weighted by Gasteiger charge is 2.11. The molecule has 0 amide bonds. The van der Waals surface area contributed by atoms with E-state index in [0.717, 1.165) is 38.1 Å². The molecule has 0 atom stereocenters. The summed E-state index contributed by atoms with van der Waals surface area (Å²) in [6.45, 7) is 9.88. The monoisotopic (exact) mass is 291 g/mol. The van der Waals surface area contributed by atoms with Gasteiger partial charge in [-0.15, -0.1) is 0 Å². The lowest BCUT2D eigenvalue weighted by atomic mass is 10.1. The van der Waals surface area contributed by atoms with Crippen LogP contribution in [0.2, 0.25) is 0 Å². The lowest BCUT2D eigenvalue weighted by Gasteiger charge is -2.21. The molecule has 1 aromatic carbocycles. The molecular formula is C17H29N3O. The van der Waals surface area contributed by atoms with Crippen LogP contribution >= 0.6 is 0 Å².